The maximum Gasteiger partial charge on any atom is 0.263 e. The molecule has 1 unspecified atom stereocenters. The van der Waals surface area contributed by atoms with Gasteiger partial charge >= 0.3 is 0 Å². The quantitative estimate of drug-likeness (QED) is 0.795. The summed E-state index contributed by atoms with van der Waals surface area (Å²) in [6.07, 6.45) is -2.39. The fourth-order valence-corrected chi connectivity index (χ4v) is 1.59. The Labute approximate surface area is 101 Å². The molecule has 0 heterocycles. The SMILES string of the molecule is COCC(C)CNCc1ccc(C(F)F)cc1. The van der Waals surface area contributed by atoms with E-state index in [9.17, 15) is 8.78 Å². The zero-order valence-electron chi connectivity index (χ0n) is 10.2. The van der Waals surface area contributed by atoms with Gasteiger partial charge in [0.2, 0.25) is 0 Å². The van der Waals surface area contributed by atoms with E-state index >= 15 is 0 Å². The first-order valence-corrected chi connectivity index (χ1v) is 5.70. The molecule has 0 aromatic heterocycles. The summed E-state index contributed by atoms with van der Waals surface area (Å²) < 4.78 is 29.6. The van der Waals surface area contributed by atoms with E-state index in [1.54, 1.807) is 19.2 Å². The highest BCUT2D eigenvalue weighted by Crippen LogP contribution is 2.18. The Hall–Kier alpha value is -1.00. The van der Waals surface area contributed by atoms with Gasteiger partial charge in [0.25, 0.3) is 6.43 Å². The molecule has 0 saturated heterocycles. The van der Waals surface area contributed by atoms with Crippen LogP contribution in [0.1, 0.15) is 24.5 Å². The van der Waals surface area contributed by atoms with Crippen molar-refractivity contribution >= 4 is 0 Å². The Morgan fingerprint density at radius 1 is 1.24 bits per heavy atom. The van der Waals surface area contributed by atoms with Crippen LogP contribution in [0.3, 0.4) is 0 Å². The highest BCUT2D eigenvalue weighted by molar-refractivity contribution is 5.23. The third-order valence-corrected chi connectivity index (χ3v) is 2.50. The van der Waals surface area contributed by atoms with Gasteiger partial charge in [-0.15, -0.1) is 0 Å². The number of rotatable bonds is 7. The molecule has 17 heavy (non-hydrogen) atoms. The van der Waals surface area contributed by atoms with E-state index in [-0.39, 0.29) is 5.56 Å². The number of nitrogens with one attached hydrogen (secondary N) is 1. The van der Waals surface area contributed by atoms with Crippen LogP contribution in [0.25, 0.3) is 0 Å². The van der Waals surface area contributed by atoms with Crippen LogP contribution in [0.4, 0.5) is 8.78 Å². The van der Waals surface area contributed by atoms with Gasteiger partial charge < -0.3 is 10.1 Å². The lowest BCUT2D eigenvalue weighted by Crippen LogP contribution is -2.23. The molecule has 96 valence electrons. The predicted octanol–water partition coefficient (Wildman–Crippen LogP) is 3.00. The van der Waals surface area contributed by atoms with E-state index in [0.717, 1.165) is 18.7 Å². The zero-order valence-corrected chi connectivity index (χ0v) is 10.2. The van der Waals surface area contributed by atoms with Crippen molar-refractivity contribution in [3.8, 4) is 0 Å². The van der Waals surface area contributed by atoms with Crippen LogP contribution in [0.15, 0.2) is 24.3 Å². The third-order valence-electron chi connectivity index (χ3n) is 2.50. The van der Waals surface area contributed by atoms with Crippen LogP contribution in [0.2, 0.25) is 0 Å². The minimum atomic E-state index is -2.39. The Morgan fingerprint density at radius 3 is 2.41 bits per heavy atom. The molecule has 0 aliphatic heterocycles. The van der Waals surface area contributed by atoms with Crippen molar-refractivity contribution in [1.82, 2.24) is 5.32 Å². The van der Waals surface area contributed by atoms with Crippen molar-refractivity contribution in [2.75, 3.05) is 20.3 Å². The van der Waals surface area contributed by atoms with E-state index in [2.05, 4.69) is 12.2 Å². The van der Waals surface area contributed by atoms with Gasteiger partial charge in [0, 0.05) is 32.4 Å². The summed E-state index contributed by atoms with van der Waals surface area (Å²) in [5.74, 6) is 0.445. The van der Waals surface area contributed by atoms with Crippen LogP contribution in [-0.4, -0.2) is 20.3 Å². The van der Waals surface area contributed by atoms with Crippen LogP contribution in [0, 0.1) is 5.92 Å². The summed E-state index contributed by atoms with van der Waals surface area (Å²) in [6.45, 7) is 4.36. The van der Waals surface area contributed by atoms with Gasteiger partial charge in [0.05, 0.1) is 0 Å². The van der Waals surface area contributed by atoms with Gasteiger partial charge in [0.1, 0.15) is 0 Å². The average molecular weight is 243 g/mol. The molecule has 0 spiro atoms. The van der Waals surface area contributed by atoms with Gasteiger partial charge in [-0.3, -0.25) is 0 Å². The minimum Gasteiger partial charge on any atom is -0.384 e. The predicted molar refractivity (Wildman–Crippen MR) is 64.1 cm³/mol. The molecule has 1 aromatic carbocycles. The molecule has 1 aromatic rings. The summed E-state index contributed by atoms with van der Waals surface area (Å²) in [7, 11) is 1.68. The highest BCUT2D eigenvalue weighted by Gasteiger charge is 2.06. The molecular formula is C13H19F2NO. The van der Waals surface area contributed by atoms with Crippen LogP contribution in [-0.2, 0) is 11.3 Å². The number of hydrogen-bond donors (Lipinski definition) is 1. The first kappa shape index (κ1) is 14.1. The molecular weight excluding hydrogens is 224 g/mol. The molecule has 0 aliphatic rings. The average Bonchev–Trinajstić information content (AvgIpc) is 2.30. The van der Waals surface area contributed by atoms with Crippen molar-refractivity contribution in [2.45, 2.75) is 19.9 Å². The number of ether oxygens (including phenoxy) is 1. The molecule has 0 amide bonds. The van der Waals surface area contributed by atoms with Crippen molar-refractivity contribution in [2.24, 2.45) is 5.92 Å². The van der Waals surface area contributed by atoms with Gasteiger partial charge in [0.15, 0.2) is 0 Å². The Morgan fingerprint density at radius 2 is 1.88 bits per heavy atom. The van der Waals surface area contributed by atoms with Crippen LogP contribution < -0.4 is 5.32 Å². The molecule has 0 radical (unpaired) electrons. The van der Waals surface area contributed by atoms with Gasteiger partial charge in [-0.25, -0.2) is 8.78 Å². The van der Waals surface area contributed by atoms with Crippen molar-refractivity contribution in [3.63, 3.8) is 0 Å². The zero-order chi connectivity index (χ0) is 12.7. The molecule has 1 rings (SSSR count). The lowest BCUT2D eigenvalue weighted by molar-refractivity contribution is 0.151. The van der Waals surface area contributed by atoms with Gasteiger partial charge in [-0.1, -0.05) is 31.2 Å². The Balaban J connectivity index is 2.32. The van der Waals surface area contributed by atoms with E-state index in [1.165, 1.54) is 12.1 Å². The monoisotopic (exact) mass is 243 g/mol. The van der Waals surface area contributed by atoms with E-state index in [1.807, 2.05) is 0 Å². The molecule has 4 heteroatoms. The molecule has 0 aliphatic carbocycles. The highest BCUT2D eigenvalue weighted by atomic mass is 19.3. The largest absolute Gasteiger partial charge is 0.384 e. The van der Waals surface area contributed by atoms with E-state index in [0.29, 0.717) is 12.5 Å². The topological polar surface area (TPSA) is 21.3 Å². The van der Waals surface area contributed by atoms with Gasteiger partial charge in [-0.2, -0.15) is 0 Å². The molecule has 0 saturated carbocycles. The minimum absolute atomic E-state index is 0.0708. The normalized spacial score (nSPS) is 13.0. The second-order valence-electron chi connectivity index (χ2n) is 4.23. The van der Waals surface area contributed by atoms with E-state index < -0.39 is 6.43 Å². The van der Waals surface area contributed by atoms with Crippen LogP contribution in [0.5, 0.6) is 0 Å². The summed E-state index contributed by atoms with van der Waals surface area (Å²) in [4.78, 5) is 0. The molecule has 1 N–H and O–H groups in total. The van der Waals surface area contributed by atoms with Crippen molar-refractivity contribution in [1.29, 1.82) is 0 Å². The first-order chi connectivity index (χ1) is 8.13. The standard InChI is InChI=1S/C13H19F2NO/c1-10(9-17-2)7-16-8-11-3-5-12(6-4-11)13(14)15/h3-6,10,13,16H,7-9H2,1-2H3. The second-order valence-corrected chi connectivity index (χ2v) is 4.23. The fourth-order valence-electron chi connectivity index (χ4n) is 1.59. The summed E-state index contributed by atoms with van der Waals surface area (Å²) in [5, 5.41) is 3.27. The van der Waals surface area contributed by atoms with E-state index in [4.69, 9.17) is 4.74 Å². The fraction of sp³-hybridized carbons (Fsp3) is 0.538. The number of alkyl halides is 2. The summed E-state index contributed by atoms with van der Waals surface area (Å²) in [5.41, 5.74) is 1.08. The summed E-state index contributed by atoms with van der Waals surface area (Å²) in [6, 6.07) is 6.41. The molecule has 0 bridgehead atoms. The number of hydrogen-bond acceptors (Lipinski definition) is 2. The van der Waals surface area contributed by atoms with Gasteiger partial charge in [-0.05, 0) is 11.5 Å². The number of halogens is 2. The van der Waals surface area contributed by atoms with Crippen molar-refractivity contribution < 1.29 is 13.5 Å². The maximum atomic E-state index is 12.3. The third kappa shape index (κ3) is 5.24. The Bertz CT molecular complexity index is 314. The molecule has 1 atom stereocenters. The maximum absolute atomic E-state index is 12.3. The molecule has 2 nitrogen and oxygen atoms in total. The first-order valence-electron chi connectivity index (χ1n) is 5.70. The Kier molecular flexibility index (Phi) is 6.08. The summed E-state index contributed by atoms with van der Waals surface area (Å²) >= 11 is 0. The van der Waals surface area contributed by atoms with Crippen molar-refractivity contribution in [3.05, 3.63) is 35.4 Å². The lowest BCUT2D eigenvalue weighted by Gasteiger charge is -2.11. The smallest absolute Gasteiger partial charge is 0.263 e. The second kappa shape index (κ2) is 7.35. The number of methoxy groups -OCH3 is 1. The van der Waals surface area contributed by atoms with Crippen LogP contribution >= 0.6 is 0 Å². The molecule has 0 fully saturated rings. The number of benzene rings is 1. The lowest BCUT2D eigenvalue weighted by atomic mass is 10.1.